The van der Waals surface area contributed by atoms with Gasteiger partial charge in [-0.2, -0.15) is 0 Å². The lowest BCUT2D eigenvalue weighted by atomic mass is 10.1. The van der Waals surface area contributed by atoms with Gasteiger partial charge in [-0.15, -0.1) is 0 Å². The molecule has 0 aliphatic carbocycles. The average Bonchev–Trinajstić information content (AvgIpc) is 2.65. The molecule has 28 heavy (non-hydrogen) atoms. The Balaban J connectivity index is 1.82. The zero-order valence-corrected chi connectivity index (χ0v) is 15.8. The lowest BCUT2D eigenvalue weighted by Gasteiger charge is -2.08. The van der Waals surface area contributed by atoms with Crippen LogP contribution in [0.2, 0.25) is 0 Å². The van der Waals surface area contributed by atoms with E-state index in [2.05, 4.69) is 5.32 Å². The number of anilines is 1. The Labute approximate surface area is 161 Å². The van der Waals surface area contributed by atoms with E-state index in [0.29, 0.717) is 11.3 Å². The molecule has 0 spiro atoms. The largest absolute Gasteiger partial charge is 0.456 e. The SMILES string of the molecule is CC(=O)c1cccc(NC(=O)COC(=O)CCS(=O)(=O)c2ccc(F)cc2)c1. The van der Waals surface area contributed by atoms with Gasteiger partial charge in [-0.05, 0) is 43.3 Å². The van der Waals surface area contributed by atoms with Crippen LogP contribution >= 0.6 is 0 Å². The van der Waals surface area contributed by atoms with Crippen molar-refractivity contribution in [2.75, 3.05) is 17.7 Å². The second kappa shape index (κ2) is 9.23. The third-order valence-corrected chi connectivity index (χ3v) is 5.40. The molecular weight excluding hydrogens is 389 g/mol. The summed E-state index contributed by atoms with van der Waals surface area (Å²) in [5.74, 6) is -2.75. The highest BCUT2D eigenvalue weighted by atomic mass is 32.2. The molecule has 0 saturated carbocycles. The van der Waals surface area contributed by atoms with Crippen LogP contribution in [0.5, 0.6) is 0 Å². The molecule has 9 heteroatoms. The Morgan fingerprint density at radius 2 is 1.75 bits per heavy atom. The molecule has 0 bridgehead atoms. The van der Waals surface area contributed by atoms with E-state index >= 15 is 0 Å². The summed E-state index contributed by atoms with van der Waals surface area (Å²) in [6.07, 6.45) is -0.452. The fraction of sp³-hybridized carbons (Fsp3) is 0.211. The van der Waals surface area contributed by atoms with Crippen LogP contribution in [0.25, 0.3) is 0 Å². The third-order valence-electron chi connectivity index (χ3n) is 3.66. The van der Waals surface area contributed by atoms with Gasteiger partial charge in [-0.3, -0.25) is 14.4 Å². The summed E-state index contributed by atoms with van der Waals surface area (Å²) >= 11 is 0. The third kappa shape index (κ3) is 6.27. The van der Waals surface area contributed by atoms with Gasteiger partial charge in [0, 0.05) is 11.3 Å². The number of amides is 1. The number of hydrogen-bond acceptors (Lipinski definition) is 6. The molecule has 0 radical (unpaired) electrons. The normalized spacial score (nSPS) is 10.9. The lowest BCUT2D eigenvalue weighted by Crippen LogP contribution is -2.22. The summed E-state index contributed by atoms with van der Waals surface area (Å²) in [5, 5.41) is 2.47. The maximum atomic E-state index is 12.9. The quantitative estimate of drug-likeness (QED) is 0.409. The fourth-order valence-electron chi connectivity index (χ4n) is 2.21. The first-order valence-electron chi connectivity index (χ1n) is 8.22. The van der Waals surface area contributed by atoms with E-state index in [1.807, 2.05) is 0 Å². The van der Waals surface area contributed by atoms with Crippen LogP contribution in [-0.4, -0.2) is 38.4 Å². The molecule has 0 aromatic heterocycles. The predicted octanol–water partition coefficient (Wildman–Crippen LogP) is 2.37. The smallest absolute Gasteiger partial charge is 0.307 e. The molecule has 0 aliphatic heterocycles. The minimum absolute atomic E-state index is 0.107. The van der Waals surface area contributed by atoms with Crippen molar-refractivity contribution in [1.82, 2.24) is 0 Å². The topological polar surface area (TPSA) is 107 Å². The highest BCUT2D eigenvalue weighted by Crippen LogP contribution is 2.13. The second-order valence-electron chi connectivity index (χ2n) is 5.87. The molecule has 2 rings (SSSR count). The number of carbonyl (C=O) groups excluding carboxylic acids is 3. The van der Waals surface area contributed by atoms with Crippen molar-refractivity contribution in [2.45, 2.75) is 18.2 Å². The molecule has 2 aromatic rings. The number of hydrogen-bond donors (Lipinski definition) is 1. The number of Topliss-reactive ketones (excluding diaryl/α,β-unsaturated/α-hetero) is 1. The van der Waals surface area contributed by atoms with Crippen molar-refractivity contribution in [2.24, 2.45) is 0 Å². The van der Waals surface area contributed by atoms with Crippen molar-refractivity contribution in [3.05, 3.63) is 59.9 Å². The van der Waals surface area contributed by atoms with Crippen LogP contribution < -0.4 is 5.32 Å². The van der Waals surface area contributed by atoms with Crippen molar-refractivity contribution in [1.29, 1.82) is 0 Å². The maximum absolute atomic E-state index is 12.9. The first-order chi connectivity index (χ1) is 13.2. The molecule has 0 heterocycles. The van der Waals surface area contributed by atoms with Crippen LogP contribution in [0.1, 0.15) is 23.7 Å². The summed E-state index contributed by atoms with van der Waals surface area (Å²) in [4.78, 5) is 34.7. The van der Waals surface area contributed by atoms with Gasteiger partial charge < -0.3 is 10.1 Å². The van der Waals surface area contributed by atoms with E-state index in [1.54, 1.807) is 18.2 Å². The summed E-state index contributed by atoms with van der Waals surface area (Å²) in [6.45, 7) is 0.794. The van der Waals surface area contributed by atoms with Crippen molar-refractivity contribution < 1.29 is 31.9 Å². The minimum atomic E-state index is -3.77. The molecular formula is C19H18FNO6S. The number of halogens is 1. The van der Waals surface area contributed by atoms with Gasteiger partial charge in [0.15, 0.2) is 22.2 Å². The number of carbonyl (C=O) groups is 3. The summed E-state index contributed by atoms with van der Waals surface area (Å²) in [5.41, 5.74) is 0.786. The first-order valence-corrected chi connectivity index (χ1v) is 9.87. The molecule has 2 aromatic carbocycles. The van der Waals surface area contributed by atoms with E-state index in [-0.39, 0.29) is 10.7 Å². The van der Waals surface area contributed by atoms with E-state index in [4.69, 9.17) is 4.74 Å². The zero-order valence-electron chi connectivity index (χ0n) is 15.0. The highest BCUT2D eigenvalue weighted by molar-refractivity contribution is 7.91. The van der Waals surface area contributed by atoms with Gasteiger partial charge in [0.1, 0.15) is 5.82 Å². The number of ether oxygens (including phenoxy) is 1. The van der Waals surface area contributed by atoms with Crippen LogP contribution in [0.3, 0.4) is 0 Å². The highest BCUT2D eigenvalue weighted by Gasteiger charge is 2.18. The zero-order chi connectivity index (χ0) is 20.7. The van der Waals surface area contributed by atoms with E-state index in [0.717, 1.165) is 24.3 Å². The summed E-state index contributed by atoms with van der Waals surface area (Å²) in [6, 6.07) is 10.5. The number of ketones is 1. The molecule has 148 valence electrons. The van der Waals surface area contributed by atoms with Crippen LogP contribution in [0.4, 0.5) is 10.1 Å². The Bertz CT molecular complexity index is 986. The van der Waals surface area contributed by atoms with Crippen molar-refractivity contribution in [3.8, 4) is 0 Å². The summed E-state index contributed by atoms with van der Waals surface area (Å²) in [7, 11) is -3.77. The van der Waals surface area contributed by atoms with Crippen LogP contribution in [-0.2, 0) is 24.2 Å². The Hall–Kier alpha value is -3.07. The number of nitrogens with one attached hydrogen (secondary N) is 1. The number of benzene rings is 2. The Morgan fingerprint density at radius 1 is 1.07 bits per heavy atom. The lowest BCUT2D eigenvalue weighted by molar-refractivity contribution is -0.146. The van der Waals surface area contributed by atoms with E-state index < -0.39 is 46.3 Å². The monoisotopic (exact) mass is 407 g/mol. The Kier molecular flexibility index (Phi) is 7.00. The average molecular weight is 407 g/mol. The van der Waals surface area contributed by atoms with Crippen LogP contribution in [0, 0.1) is 5.82 Å². The van der Waals surface area contributed by atoms with Gasteiger partial charge in [-0.25, -0.2) is 12.8 Å². The molecule has 7 nitrogen and oxygen atoms in total. The molecule has 1 N–H and O–H groups in total. The number of esters is 1. The molecule has 0 unspecified atom stereocenters. The number of rotatable bonds is 8. The van der Waals surface area contributed by atoms with E-state index in [9.17, 15) is 27.2 Å². The number of sulfone groups is 1. The van der Waals surface area contributed by atoms with Gasteiger partial charge >= 0.3 is 5.97 Å². The molecule has 0 fully saturated rings. The molecule has 1 amide bonds. The fourth-order valence-corrected chi connectivity index (χ4v) is 3.43. The maximum Gasteiger partial charge on any atom is 0.307 e. The van der Waals surface area contributed by atoms with Crippen molar-refractivity contribution >= 4 is 33.2 Å². The van der Waals surface area contributed by atoms with Gasteiger partial charge in [0.25, 0.3) is 5.91 Å². The van der Waals surface area contributed by atoms with Crippen LogP contribution in [0.15, 0.2) is 53.4 Å². The first kappa shape index (κ1) is 21.2. The minimum Gasteiger partial charge on any atom is -0.456 e. The molecule has 0 aliphatic rings. The van der Waals surface area contributed by atoms with Gasteiger partial charge in [0.05, 0.1) is 17.1 Å². The Morgan fingerprint density at radius 3 is 2.39 bits per heavy atom. The predicted molar refractivity (Wildman–Crippen MR) is 99.1 cm³/mol. The van der Waals surface area contributed by atoms with Gasteiger partial charge in [-0.1, -0.05) is 12.1 Å². The molecule has 0 saturated heterocycles. The van der Waals surface area contributed by atoms with Crippen molar-refractivity contribution in [3.63, 3.8) is 0 Å². The molecule has 0 atom stereocenters. The standard InChI is InChI=1S/C19H18FNO6S/c1-13(22)14-3-2-4-16(11-14)21-18(23)12-27-19(24)9-10-28(25,26)17-7-5-15(20)6-8-17/h2-8,11H,9-10,12H2,1H3,(H,21,23). The van der Waals surface area contributed by atoms with E-state index in [1.165, 1.54) is 13.0 Å². The summed E-state index contributed by atoms with van der Waals surface area (Å²) < 4.78 is 41.8. The van der Waals surface area contributed by atoms with Gasteiger partial charge in [0.2, 0.25) is 0 Å². The second-order valence-corrected chi connectivity index (χ2v) is 7.98.